The van der Waals surface area contributed by atoms with Gasteiger partial charge in [0.1, 0.15) is 5.60 Å². The number of carboxylic acid groups (broad SMARTS) is 1. The van der Waals surface area contributed by atoms with Crippen molar-refractivity contribution in [3.8, 4) is 0 Å². The quantitative estimate of drug-likeness (QED) is 0.886. The zero-order chi connectivity index (χ0) is 16.5. The molecule has 120 valence electrons. The first-order valence-corrected chi connectivity index (χ1v) is 7.44. The Hall–Kier alpha value is -2.04. The summed E-state index contributed by atoms with van der Waals surface area (Å²) in [5, 5.41) is 11.8. The molecule has 0 bridgehead atoms. The summed E-state index contributed by atoms with van der Waals surface area (Å²) in [5.41, 5.74) is 1.72. The molecule has 1 aromatic carbocycles. The number of ether oxygens (including phenoxy) is 1. The van der Waals surface area contributed by atoms with Crippen molar-refractivity contribution >= 4 is 17.7 Å². The first kappa shape index (κ1) is 16.3. The average molecular weight is 305 g/mol. The summed E-state index contributed by atoms with van der Waals surface area (Å²) < 4.78 is 5.26. The van der Waals surface area contributed by atoms with Crippen LogP contribution in [0.1, 0.15) is 51.2 Å². The highest BCUT2D eigenvalue weighted by molar-refractivity contribution is 5.86. The van der Waals surface area contributed by atoms with E-state index < -0.39 is 17.7 Å². The predicted molar refractivity (Wildman–Crippen MR) is 84.2 cm³/mol. The topological polar surface area (TPSA) is 75.6 Å². The molecule has 1 amide bonds. The van der Waals surface area contributed by atoms with Crippen LogP contribution < -0.4 is 5.32 Å². The van der Waals surface area contributed by atoms with Gasteiger partial charge in [0, 0.05) is 11.1 Å². The van der Waals surface area contributed by atoms with E-state index in [1.54, 1.807) is 0 Å². The molecule has 0 spiro atoms. The van der Waals surface area contributed by atoms with Crippen molar-refractivity contribution in [3.05, 3.63) is 29.3 Å². The summed E-state index contributed by atoms with van der Waals surface area (Å²) in [6, 6.07) is 5.73. The molecule has 0 radical (unpaired) electrons. The van der Waals surface area contributed by atoms with Crippen LogP contribution in [-0.2, 0) is 14.9 Å². The molecule has 1 aliphatic carbocycles. The standard InChI is InChI=1S/C17H23NO4/c1-11-5-6-12(17(7-8-17)10-14(19)20)9-13(11)18-15(21)22-16(2,3)4/h5-6,9H,7-8,10H2,1-4H3,(H,18,21)(H,19,20). The highest BCUT2D eigenvalue weighted by Gasteiger charge is 2.46. The minimum Gasteiger partial charge on any atom is -0.481 e. The van der Waals surface area contributed by atoms with E-state index in [9.17, 15) is 9.59 Å². The van der Waals surface area contributed by atoms with Crippen molar-refractivity contribution in [1.29, 1.82) is 0 Å². The Bertz CT molecular complexity index is 597. The number of rotatable bonds is 4. The van der Waals surface area contributed by atoms with E-state index in [1.807, 2.05) is 45.9 Å². The van der Waals surface area contributed by atoms with Gasteiger partial charge in [-0.1, -0.05) is 12.1 Å². The number of hydrogen-bond acceptors (Lipinski definition) is 3. The Morgan fingerprint density at radius 2 is 1.95 bits per heavy atom. The van der Waals surface area contributed by atoms with E-state index in [0.29, 0.717) is 5.69 Å². The lowest BCUT2D eigenvalue weighted by atomic mass is 9.91. The number of benzene rings is 1. The third-order valence-corrected chi connectivity index (χ3v) is 3.83. The van der Waals surface area contributed by atoms with Gasteiger partial charge in [-0.2, -0.15) is 0 Å². The van der Waals surface area contributed by atoms with Gasteiger partial charge in [-0.25, -0.2) is 4.79 Å². The first-order chi connectivity index (χ1) is 10.1. The predicted octanol–water partition coefficient (Wildman–Crippen LogP) is 3.85. The maximum Gasteiger partial charge on any atom is 0.412 e. The Kier molecular flexibility index (Phi) is 4.18. The zero-order valence-corrected chi connectivity index (χ0v) is 13.5. The fourth-order valence-electron chi connectivity index (χ4n) is 2.51. The summed E-state index contributed by atoms with van der Waals surface area (Å²) in [6.07, 6.45) is 1.36. The summed E-state index contributed by atoms with van der Waals surface area (Å²) >= 11 is 0. The maximum absolute atomic E-state index is 11.9. The van der Waals surface area contributed by atoms with Gasteiger partial charge in [0.2, 0.25) is 0 Å². The van der Waals surface area contributed by atoms with E-state index in [1.165, 1.54) is 0 Å². The number of aliphatic carboxylic acids is 1. The first-order valence-electron chi connectivity index (χ1n) is 7.44. The molecule has 2 rings (SSSR count). The number of amides is 1. The van der Waals surface area contributed by atoms with Gasteiger partial charge in [-0.15, -0.1) is 0 Å². The zero-order valence-electron chi connectivity index (χ0n) is 13.5. The number of aryl methyl sites for hydroxylation is 1. The summed E-state index contributed by atoms with van der Waals surface area (Å²) in [7, 11) is 0. The molecule has 1 aliphatic rings. The van der Waals surface area contributed by atoms with Gasteiger partial charge in [0.05, 0.1) is 6.42 Å². The molecule has 5 heteroatoms. The van der Waals surface area contributed by atoms with Crippen molar-refractivity contribution in [2.24, 2.45) is 0 Å². The molecule has 1 fully saturated rings. The van der Waals surface area contributed by atoms with E-state index >= 15 is 0 Å². The SMILES string of the molecule is Cc1ccc(C2(CC(=O)O)CC2)cc1NC(=O)OC(C)(C)C. The summed E-state index contributed by atoms with van der Waals surface area (Å²) in [5.74, 6) is -0.792. The molecule has 0 aliphatic heterocycles. The molecule has 22 heavy (non-hydrogen) atoms. The van der Waals surface area contributed by atoms with Crippen molar-refractivity contribution in [2.75, 3.05) is 5.32 Å². The van der Waals surface area contributed by atoms with Crippen LogP contribution in [0.25, 0.3) is 0 Å². The van der Waals surface area contributed by atoms with E-state index in [0.717, 1.165) is 24.0 Å². The number of hydrogen-bond donors (Lipinski definition) is 2. The molecule has 2 N–H and O–H groups in total. The molecule has 1 saturated carbocycles. The molecular weight excluding hydrogens is 282 g/mol. The van der Waals surface area contributed by atoms with Crippen LogP contribution in [0.15, 0.2) is 18.2 Å². The number of anilines is 1. The van der Waals surface area contributed by atoms with Crippen molar-refractivity contribution < 1.29 is 19.4 Å². The van der Waals surface area contributed by atoms with Crippen molar-refractivity contribution in [3.63, 3.8) is 0 Å². The smallest absolute Gasteiger partial charge is 0.412 e. The second kappa shape index (κ2) is 5.63. The molecule has 0 aromatic heterocycles. The number of carbonyl (C=O) groups is 2. The van der Waals surface area contributed by atoms with Crippen LogP contribution in [0, 0.1) is 6.92 Å². The lowest BCUT2D eigenvalue weighted by molar-refractivity contribution is -0.137. The van der Waals surface area contributed by atoms with Crippen LogP contribution >= 0.6 is 0 Å². The molecule has 0 saturated heterocycles. The van der Waals surface area contributed by atoms with Gasteiger partial charge < -0.3 is 9.84 Å². The average Bonchev–Trinajstić information content (AvgIpc) is 3.09. The van der Waals surface area contributed by atoms with Gasteiger partial charge >= 0.3 is 12.1 Å². The molecule has 0 heterocycles. The van der Waals surface area contributed by atoms with Crippen LogP contribution in [0.4, 0.5) is 10.5 Å². The van der Waals surface area contributed by atoms with Gasteiger partial charge in [-0.05, 0) is 57.7 Å². The highest BCUT2D eigenvalue weighted by atomic mass is 16.6. The van der Waals surface area contributed by atoms with E-state index in [2.05, 4.69) is 5.32 Å². The van der Waals surface area contributed by atoms with E-state index in [-0.39, 0.29) is 11.8 Å². The number of carboxylic acids is 1. The lowest BCUT2D eigenvalue weighted by Crippen LogP contribution is -2.27. The van der Waals surface area contributed by atoms with Crippen LogP contribution in [-0.4, -0.2) is 22.8 Å². The molecule has 1 aromatic rings. The van der Waals surface area contributed by atoms with Crippen molar-refractivity contribution in [2.45, 2.75) is 58.0 Å². The Labute approximate surface area is 130 Å². The summed E-state index contributed by atoms with van der Waals surface area (Å²) in [4.78, 5) is 22.9. The lowest BCUT2D eigenvalue weighted by Gasteiger charge is -2.21. The molecular formula is C17H23NO4. The maximum atomic E-state index is 11.9. The fourth-order valence-corrected chi connectivity index (χ4v) is 2.51. The minimum atomic E-state index is -0.792. The Balaban J connectivity index is 2.18. The van der Waals surface area contributed by atoms with Crippen LogP contribution in [0.5, 0.6) is 0 Å². The van der Waals surface area contributed by atoms with Crippen LogP contribution in [0.3, 0.4) is 0 Å². The third-order valence-electron chi connectivity index (χ3n) is 3.83. The molecule has 0 unspecified atom stereocenters. The second-order valence-electron chi connectivity index (χ2n) is 7.01. The molecule has 5 nitrogen and oxygen atoms in total. The summed E-state index contributed by atoms with van der Waals surface area (Å²) in [6.45, 7) is 7.32. The number of carbonyl (C=O) groups excluding carboxylic acids is 1. The highest BCUT2D eigenvalue weighted by Crippen LogP contribution is 2.51. The van der Waals surface area contributed by atoms with Gasteiger partial charge in [0.25, 0.3) is 0 Å². The monoisotopic (exact) mass is 305 g/mol. The minimum absolute atomic E-state index is 0.127. The third kappa shape index (κ3) is 4.00. The Morgan fingerprint density at radius 1 is 1.32 bits per heavy atom. The van der Waals surface area contributed by atoms with E-state index in [4.69, 9.17) is 9.84 Å². The second-order valence-corrected chi connectivity index (χ2v) is 7.01. The number of nitrogens with one attached hydrogen (secondary N) is 1. The normalized spacial score (nSPS) is 16.0. The largest absolute Gasteiger partial charge is 0.481 e. The van der Waals surface area contributed by atoms with Crippen LogP contribution in [0.2, 0.25) is 0 Å². The molecule has 0 atom stereocenters. The fraction of sp³-hybridized carbons (Fsp3) is 0.529. The van der Waals surface area contributed by atoms with Gasteiger partial charge in [-0.3, -0.25) is 10.1 Å². The van der Waals surface area contributed by atoms with Crippen molar-refractivity contribution in [1.82, 2.24) is 0 Å². The Morgan fingerprint density at radius 3 is 2.45 bits per heavy atom. The van der Waals surface area contributed by atoms with Gasteiger partial charge in [0.15, 0.2) is 0 Å².